The Balaban J connectivity index is 2.59. The number of carbonyl (C=O) groups is 2. The highest BCUT2D eigenvalue weighted by molar-refractivity contribution is 6.18. The molecule has 0 aromatic heterocycles. The van der Waals surface area contributed by atoms with Crippen LogP contribution >= 0.6 is 11.6 Å². The van der Waals surface area contributed by atoms with Gasteiger partial charge in [-0.2, -0.15) is 0 Å². The van der Waals surface area contributed by atoms with Gasteiger partial charge in [0.2, 0.25) is 0 Å². The quantitative estimate of drug-likeness (QED) is 0.544. The zero-order valence-electron chi connectivity index (χ0n) is 7.15. The second-order valence-corrected chi connectivity index (χ2v) is 3.51. The van der Waals surface area contributed by atoms with E-state index in [9.17, 15) is 9.59 Å². The van der Waals surface area contributed by atoms with Gasteiger partial charge < -0.3 is 14.8 Å². The van der Waals surface area contributed by atoms with Crippen molar-refractivity contribution in [3.05, 3.63) is 0 Å². The number of rotatable bonds is 2. The first-order chi connectivity index (χ1) is 6.19. The first-order valence-electron chi connectivity index (χ1n) is 4.20. The van der Waals surface area contributed by atoms with E-state index < -0.39 is 6.09 Å². The number of halogens is 1. The molecule has 2 unspecified atom stereocenters. The van der Waals surface area contributed by atoms with Crippen LogP contribution < -0.4 is 0 Å². The van der Waals surface area contributed by atoms with Crippen molar-refractivity contribution in [1.82, 2.24) is 4.90 Å². The summed E-state index contributed by atoms with van der Waals surface area (Å²) in [6.07, 6.45) is 1.11. The van der Waals surface area contributed by atoms with Crippen molar-refractivity contribution in [3.63, 3.8) is 0 Å². The van der Waals surface area contributed by atoms with E-state index in [-0.39, 0.29) is 17.8 Å². The molecule has 0 spiro atoms. The van der Waals surface area contributed by atoms with Gasteiger partial charge in [-0.1, -0.05) is 0 Å². The average Bonchev–Trinajstić information content (AvgIpc) is 2.16. The standard InChI is InChI=1S/C8H12ClNO3/c9-4-7-3-6(5-11)1-2-10(7)8(12)13/h5-7H,1-4H2,(H,12,13). The number of amides is 1. The van der Waals surface area contributed by atoms with Gasteiger partial charge >= 0.3 is 6.09 Å². The number of aldehydes is 1. The molecule has 0 aromatic rings. The molecule has 2 atom stereocenters. The van der Waals surface area contributed by atoms with Gasteiger partial charge in [0.25, 0.3) is 0 Å². The van der Waals surface area contributed by atoms with Crippen LogP contribution in [0.15, 0.2) is 0 Å². The minimum absolute atomic E-state index is 0.0284. The molecule has 0 radical (unpaired) electrons. The summed E-state index contributed by atoms with van der Waals surface area (Å²) in [6, 6.07) is -0.205. The Hall–Kier alpha value is -0.770. The minimum Gasteiger partial charge on any atom is -0.465 e. The monoisotopic (exact) mass is 205 g/mol. The SMILES string of the molecule is O=CC1CCN(C(=O)O)C(CCl)C1. The summed E-state index contributed by atoms with van der Waals surface area (Å²) < 4.78 is 0. The first kappa shape index (κ1) is 10.3. The molecule has 1 amide bonds. The van der Waals surface area contributed by atoms with Crippen LogP contribution in [0.25, 0.3) is 0 Å². The van der Waals surface area contributed by atoms with Crippen molar-refractivity contribution in [1.29, 1.82) is 0 Å². The van der Waals surface area contributed by atoms with Crippen LogP contribution in [0, 0.1) is 5.92 Å². The largest absolute Gasteiger partial charge is 0.465 e. The topological polar surface area (TPSA) is 57.6 Å². The van der Waals surface area contributed by atoms with Crippen LogP contribution in [0.4, 0.5) is 4.79 Å². The summed E-state index contributed by atoms with van der Waals surface area (Å²) in [5, 5.41) is 8.78. The molecule has 5 heteroatoms. The lowest BCUT2D eigenvalue weighted by molar-refractivity contribution is -0.112. The van der Waals surface area contributed by atoms with Gasteiger partial charge in [0.1, 0.15) is 6.29 Å². The minimum atomic E-state index is -0.949. The van der Waals surface area contributed by atoms with Crippen molar-refractivity contribution in [2.24, 2.45) is 5.92 Å². The van der Waals surface area contributed by atoms with E-state index in [4.69, 9.17) is 16.7 Å². The Morgan fingerprint density at radius 3 is 2.85 bits per heavy atom. The number of alkyl halides is 1. The third-order valence-corrected chi connectivity index (χ3v) is 2.73. The Morgan fingerprint density at radius 1 is 1.69 bits per heavy atom. The molecule has 1 aliphatic heterocycles. The number of carboxylic acid groups (broad SMARTS) is 1. The Labute approximate surface area is 81.5 Å². The molecular formula is C8H12ClNO3. The summed E-state index contributed by atoms with van der Waals surface area (Å²) in [6.45, 7) is 0.413. The maximum absolute atomic E-state index is 10.7. The van der Waals surface area contributed by atoms with Gasteiger partial charge in [-0.25, -0.2) is 4.79 Å². The highest BCUT2D eigenvalue weighted by Gasteiger charge is 2.30. The fourth-order valence-corrected chi connectivity index (χ4v) is 1.90. The third kappa shape index (κ3) is 2.34. The zero-order chi connectivity index (χ0) is 9.84. The number of hydrogen-bond acceptors (Lipinski definition) is 2. The van der Waals surface area contributed by atoms with Gasteiger partial charge in [0.15, 0.2) is 0 Å². The van der Waals surface area contributed by atoms with Crippen LogP contribution in [-0.2, 0) is 4.79 Å². The van der Waals surface area contributed by atoms with Crippen molar-refractivity contribution in [2.75, 3.05) is 12.4 Å². The molecular weight excluding hydrogens is 194 g/mol. The molecule has 1 aliphatic rings. The van der Waals surface area contributed by atoms with Gasteiger partial charge in [0.05, 0.1) is 0 Å². The predicted octanol–water partition coefficient (Wildman–Crippen LogP) is 1.18. The molecule has 0 aliphatic carbocycles. The summed E-state index contributed by atoms with van der Waals surface area (Å²) in [5.74, 6) is 0.232. The normalized spacial score (nSPS) is 28.5. The zero-order valence-corrected chi connectivity index (χ0v) is 7.91. The second kappa shape index (κ2) is 4.46. The van der Waals surface area contributed by atoms with Crippen LogP contribution in [0.3, 0.4) is 0 Å². The number of nitrogens with zero attached hydrogens (tertiary/aromatic N) is 1. The highest BCUT2D eigenvalue weighted by Crippen LogP contribution is 2.22. The van der Waals surface area contributed by atoms with Gasteiger partial charge in [0, 0.05) is 24.4 Å². The van der Waals surface area contributed by atoms with E-state index in [1.807, 2.05) is 0 Å². The fraction of sp³-hybridized carbons (Fsp3) is 0.750. The molecule has 0 aromatic carbocycles. The van der Waals surface area contributed by atoms with Crippen molar-refractivity contribution in [2.45, 2.75) is 18.9 Å². The van der Waals surface area contributed by atoms with Crippen LogP contribution in [0.2, 0.25) is 0 Å². The van der Waals surface area contributed by atoms with E-state index >= 15 is 0 Å². The molecule has 1 fully saturated rings. The maximum atomic E-state index is 10.7. The fourth-order valence-electron chi connectivity index (χ4n) is 1.60. The van der Waals surface area contributed by atoms with E-state index in [0.29, 0.717) is 19.4 Å². The molecule has 1 rings (SSSR count). The van der Waals surface area contributed by atoms with E-state index in [2.05, 4.69) is 0 Å². The van der Waals surface area contributed by atoms with Crippen LogP contribution in [0.5, 0.6) is 0 Å². The average molecular weight is 206 g/mol. The van der Waals surface area contributed by atoms with E-state index in [1.54, 1.807) is 0 Å². The third-order valence-electron chi connectivity index (χ3n) is 2.37. The summed E-state index contributed by atoms with van der Waals surface area (Å²) >= 11 is 5.62. The maximum Gasteiger partial charge on any atom is 0.407 e. The van der Waals surface area contributed by atoms with Crippen molar-refractivity contribution in [3.8, 4) is 0 Å². The number of likely N-dealkylation sites (tertiary alicyclic amines) is 1. The number of carbonyl (C=O) groups excluding carboxylic acids is 1. The lowest BCUT2D eigenvalue weighted by Crippen LogP contribution is -2.46. The smallest absolute Gasteiger partial charge is 0.407 e. The molecule has 13 heavy (non-hydrogen) atoms. The lowest BCUT2D eigenvalue weighted by Gasteiger charge is -2.34. The second-order valence-electron chi connectivity index (χ2n) is 3.20. The van der Waals surface area contributed by atoms with Crippen molar-refractivity contribution < 1.29 is 14.7 Å². The predicted molar refractivity (Wildman–Crippen MR) is 48.0 cm³/mol. The summed E-state index contributed by atoms with van der Waals surface area (Å²) in [5.41, 5.74) is 0. The summed E-state index contributed by atoms with van der Waals surface area (Å²) in [7, 11) is 0. The number of hydrogen-bond donors (Lipinski definition) is 1. The first-order valence-corrected chi connectivity index (χ1v) is 4.73. The van der Waals surface area contributed by atoms with Crippen LogP contribution in [-0.4, -0.2) is 40.9 Å². The Bertz CT molecular complexity index is 210. The lowest BCUT2D eigenvalue weighted by atomic mass is 9.93. The molecule has 4 nitrogen and oxygen atoms in total. The van der Waals surface area contributed by atoms with Crippen LogP contribution in [0.1, 0.15) is 12.8 Å². The Morgan fingerprint density at radius 2 is 2.38 bits per heavy atom. The molecule has 1 N–H and O–H groups in total. The highest BCUT2D eigenvalue weighted by atomic mass is 35.5. The molecule has 0 saturated carbocycles. The van der Waals surface area contributed by atoms with E-state index in [0.717, 1.165) is 6.29 Å². The number of piperidine rings is 1. The summed E-state index contributed by atoms with van der Waals surface area (Å²) in [4.78, 5) is 22.5. The van der Waals surface area contributed by atoms with Crippen molar-refractivity contribution >= 4 is 24.0 Å². The molecule has 1 saturated heterocycles. The van der Waals surface area contributed by atoms with Gasteiger partial charge in [-0.05, 0) is 12.8 Å². The molecule has 1 heterocycles. The van der Waals surface area contributed by atoms with E-state index in [1.165, 1.54) is 4.90 Å². The van der Waals surface area contributed by atoms with Gasteiger partial charge in [-0.15, -0.1) is 11.6 Å². The molecule has 74 valence electrons. The van der Waals surface area contributed by atoms with Gasteiger partial charge in [-0.3, -0.25) is 0 Å². The Kier molecular flexibility index (Phi) is 3.54. The molecule has 0 bridgehead atoms.